The summed E-state index contributed by atoms with van der Waals surface area (Å²) < 4.78 is 5.57. The minimum Gasteiger partial charge on any atom is -0.496 e. The van der Waals surface area contributed by atoms with Crippen molar-refractivity contribution in [1.29, 1.82) is 0 Å². The highest BCUT2D eigenvalue weighted by atomic mass is 16.5. The summed E-state index contributed by atoms with van der Waals surface area (Å²) in [6.07, 6.45) is 5.59. The van der Waals surface area contributed by atoms with Gasteiger partial charge in [-0.05, 0) is 62.5 Å². The molecule has 1 saturated heterocycles. The highest BCUT2D eigenvalue weighted by Gasteiger charge is 2.32. The first-order valence-corrected chi connectivity index (χ1v) is 13.2. The van der Waals surface area contributed by atoms with Crippen molar-refractivity contribution in [2.75, 3.05) is 26.7 Å². The Hall–Kier alpha value is -3.15. The molecule has 0 spiro atoms. The molecule has 4 rings (SSSR count). The van der Waals surface area contributed by atoms with E-state index >= 15 is 0 Å². The number of nitrogens with one attached hydrogen (secondary N) is 2. The molecule has 0 saturated carbocycles. The number of carbonyl (C=O) groups is 1. The van der Waals surface area contributed by atoms with Crippen LogP contribution >= 0.6 is 0 Å². The summed E-state index contributed by atoms with van der Waals surface area (Å²) in [5.41, 5.74) is 3.30. The van der Waals surface area contributed by atoms with Gasteiger partial charge in [0.05, 0.1) is 13.2 Å². The van der Waals surface area contributed by atoms with Crippen LogP contribution in [0.25, 0.3) is 0 Å². The highest BCUT2D eigenvalue weighted by molar-refractivity contribution is 5.94. The zero-order valence-corrected chi connectivity index (χ0v) is 21.4. The van der Waals surface area contributed by atoms with Gasteiger partial charge in [0, 0.05) is 30.3 Å². The number of ether oxygens (including phenoxy) is 1. The molecule has 5 nitrogen and oxygen atoms in total. The summed E-state index contributed by atoms with van der Waals surface area (Å²) in [5, 5.41) is 6.91. The molecule has 190 valence electrons. The Morgan fingerprint density at radius 3 is 2.42 bits per heavy atom. The van der Waals surface area contributed by atoms with Crippen molar-refractivity contribution in [1.82, 2.24) is 15.5 Å². The predicted octanol–water partition coefficient (Wildman–Crippen LogP) is 5.59. The molecule has 1 amide bonds. The largest absolute Gasteiger partial charge is 0.496 e. The molecular formula is C31H39N3O2. The Bertz CT molecular complexity index is 1060. The third-order valence-electron chi connectivity index (χ3n) is 7.07. The third-order valence-corrected chi connectivity index (χ3v) is 7.07. The molecule has 36 heavy (non-hydrogen) atoms. The quantitative estimate of drug-likeness (QED) is 0.328. The standard InChI is InChI=1S/C31H39N3O2/c1-36-29-20-10-9-18-27(29)24-33-28-19-13-23-34(30(28)25-14-5-2-6-15-25)22-12-4-11-21-32-31(35)26-16-7-3-8-17-26/h2-3,5-10,14-18,20,28,30,33H,4,11-13,19,21-24H2,1H3,(H,32,35)/t28-,30-/m0/s1. The number of para-hydroxylation sites is 1. The van der Waals surface area contributed by atoms with Crippen LogP contribution in [0.4, 0.5) is 0 Å². The van der Waals surface area contributed by atoms with Gasteiger partial charge in [0.25, 0.3) is 5.91 Å². The Morgan fingerprint density at radius 2 is 1.64 bits per heavy atom. The first kappa shape index (κ1) is 25.9. The molecule has 0 aromatic heterocycles. The van der Waals surface area contributed by atoms with Crippen LogP contribution in [-0.4, -0.2) is 43.6 Å². The number of unbranched alkanes of at least 4 members (excludes halogenated alkanes) is 2. The number of benzene rings is 3. The lowest BCUT2D eigenvalue weighted by molar-refractivity contribution is 0.0951. The van der Waals surface area contributed by atoms with Crippen LogP contribution in [0, 0.1) is 0 Å². The zero-order valence-electron chi connectivity index (χ0n) is 21.4. The van der Waals surface area contributed by atoms with Crippen molar-refractivity contribution >= 4 is 5.91 Å². The third kappa shape index (κ3) is 7.19. The van der Waals surface area contributed by atoms with Gasteiger partial charge in [-0.1, -0.05) is 73.2 Å². The second kappa shape index (κ2) is 13.8. The fraction of sp³-hybridized carbons (Fsp3) is 0.387. The van der Waals surface area contributed by atoms with E-state index in [0.717, 1.165) is 63.2 Å². The van der Waals surface area contributed by atoms with Crippen molar-refractivity contribution < 1.29 is 9.53 Å². The van der Waals surface area contributed by atoms with Gasteiger partial charge in [-0.3, -0.25) is 9.69 Å². The van der Waals surface area contributed by atoms with Crippen LogP contribution in [0.3, 0.4) is 0 Å². The number of amides is 1. The number of piperidine rings is 1. The first-order chi connectivity index (χ1) is 17.8. The van der Waals surface area contributed by atoms with Crippen LogP contribution in [0.2, 0.25) is 0 Å². The van der Waals surface area contributed by atoms with Gasteiger partial charge in [-0.2, -0.15) is 0 Å². The molecule has 2 N–H and O–H groups in total. The van der Waals surface area contributed by atoms with Crippen LogP contribution in [-0.2, 0) is 6.54 Å². The van der Waals surface area contributed by atoms with Gasteiger partial charge in [-0.25, -0.2) is 0 Å². The van der Waals surface area contributed by atoms with E-state index in [4.69, 9.17) is 4.74 Å². The van der Waals surface area contributed by atoms with Crippen molar-refractivity contribution in [3.8, 4) is 5.75 Å². The summed E-state index contributed by atoms with van der Waals surface area (Å²) >= 11 is 0. The summed E-state index contributed by atoms with van der Waals surface area (Å²) in [5.74, 6) is 0.952. The van der Waals surface area contributed by atoms with Crippen LogP contribution in [0.1, 0.15) is 59.6 Å². The Morgan fingerprint density at radius 1 is 0.917 bits per heavy atom. The van der Waals surface area contributed by atoms with Gasteiger partial charge in [-0.15, -0.1) is 0 Å². The lowest BCUT2D eigenvalue weighted by atomic mass is 9.89. The normalized spacial score (nSPS) is 18.0. The van der Waals surface area contributed by atoms with Gasteiger partial charge in [0.2, 0.25) is 0 Å². The van der Waals surface area contributed by atoms with Gasteiger partial charge < -0.3 is 15.4 Å². The molecule has 1 fully saturated rings. The molecule has 1 aliphatic heterocycles. The maximum absolute atomic E-state index is 12.2. The monoisotopic (exact) mass is 485 g/mol. The van der Waals surface area contributed by atoms with Gasteiger partial charge >= 0.3 is 0 Å². The average molecular weight is 486 g/mol. The molecule has 0 unspecified atom stereocenters. The molecule has 0 radical (unpaired) electrons. The predicted molar refractivity (Wildman–Crippen MR) is 146 cm³/mol. The van der Waals surface area contributed by atoms with E-state index < -0.39 is 0 Å². The lowest BCUT2D eigenvalue weighted by Crippen LogP contribution is -2.48. The van der Waals surface area contributed by atoms with Crippen molar-refractivity contribution in [3.05, 3.63) is 102 Å². The molecule has 0 aliphatic carbocycles. The second-order valence-electron chi connectivity index (χ2n) is 9.52. The summed E-state index contributed by atoms with van der Waals surface area (Å²) in [7, 11) is 1.74. The minimum absolute atomic E-state index is 0.0136. The molecular weight excluding hydrogens is 446 g/mol. The Labute approximate surface area is 215 Å². The van der Waals surface area contributed by atoms with Crippen LogP contribution < -0.4 is 15.4 Å². The number of likely N-dealkylation sites (tertiary alicyclic amines) is 1. The lowest BCUT2D eigenvalue weighted by Gasteiger charge is -2.42. The number of nitrogens with zero attached hydrogens (tertiary/aromatic N) is 1. The molecule has 3 aromatic rings. The van der Waals surface area contributed by atoms with E-state index in [1.807, 2.05) is 42.5 Å². The number of hydrogen-bond acceptors (Lipinski definition) is 4. The Kier molecular flexibility index (Phi) is 9.95. The summed E-state index contributed by atoms with van der Waals surface area (Å²) in [4.78, 5) is 14.9. The highest BCUT2D eigenvalue weighted by Crippen LogP contribution is 2.32. The molecule has 1 heterocycles. The smallest absolute Gasteiger partial charge is 0.251 e. The van der Waals surface area contributed by atoms with E-state index in [0.29, 0.717) is 12.1 Å². The number of carbonyl (C=O) groups excluding carboxylic acids is 1. The Balaban J connectivity index is 1.30. The average Bonchev–Trinajstić information content (AvgIpc) is 2.94. The molecule has 5 heteroatoms. The number of rotatable bonds is 12. The van der Waals surface area contributed by atoms with Crippen LogP contribution in [0.15, 0.2) is 84.9 Å². The summed E-state index contributed by atoms with van der Waals surface area (Å²) in [6, 6.07) is 29.4. The minimum atomic E-state index is 0.0136. The number of hydrogen-bond donors (Lipinski definition) is 2. The van der Waals surface area contributed by atoms with Gasteiger partial charge in [0.15, 0.2) is 0 Å². The van der Waals surface area contributed by atoms with E-state index in [-0.39, 0.29) is 5.91 Å². The topological polar surface area (TPSA) is 53.6 Å². The molecule has 2 atom stereocenters. The van der Waals surface area contributed by atoms with Crippen LogP contribution in [0.5, 0.6) is 5.75 Å². The van der Waals surface area contributed by atoms with E-state index in [9.17, 15) is 4.79 Å². The fourth-order valence-corrected chi connectivity index (χ4v) is 5.22. The zero-order chi connectivity index (χ0) is 25.0. The van der Waals surface area contributed by atoms with Gasteiger partial charge in [0.1, 0.15) is 5.75 Å². The maximum atomic E-state index is 12.2. The van der Waals surface area contributed by atoms with Crippen molar-refractivity contribution in [2.45, 2.75) is 50.7 Å². The SMILES string of the molecule is COc1ccccc1CN[C@H]1CCCN(CCCCCNC(=O)c2ccccc2)[C@H]1c1ccccc1. The fourth-order valence-electron chi connectivity index (χ4n) is 5.22. The molecule has 0 bridgehead atoms. The number of methoxy groups -OCH3 is 1. The molecule has 3 aromatic carbocycles. The van der Waals surface area contributed by atoms with E-state index in [1.54, 1.807) is 7.11 Å². The first-order valence-electron chi connectivity index (χ1n) is 13.2. The van der Waals surface area contributed by atoms with E-state index in [2.05, 4.69) is 58.0 Å². The van der Waals surface area contributed by atoms with Crippen molar-refractivity contribution in [2.24, 2.45) is 0 Å². The van der Waals surface area contributed by atoms with E-state index in [1.165, 1.54) is 17.5 Å². The van der Waals surface area contributed by atoms with Crippen molar-refractivity contribution in [3.63, 3.8) is 0 Å². The molecule has 1 aliphatic rings. The second-order valence-corrected chi connectivity index (χ2v) is 9.52. The summed E-state index contributed by atoms with van der Waals surface area (Å²) in [6.45, 7) is 3.71. The maximum Gasteiger partial charge on any atom is 0.251 e.